The van der Waals surface area contributed by atoms with E-state index in [0.717, 1.165) is 10.7 Å². The number of thiazole rings is 1. The summed E-state index contributed by atoms with van der Waals surface area (Å²) >= 11 is 1.45. The summed E-state index contributed by atoms with van der Waals surface area (Å²) in [5, 5.41) is 3.16. The van der Waals surface area contributed by atoms with Gasteiger partial charge in [-0.25, -0.2) is 9.97 Å². The third-order valence-corrected chi connectivity index (χ3v) is 5.60. The van der Waals surface area contributed by atoms with Crippen LogP contribution in [0.3, 0.4) is 0 Å². The van der Waals surface area contributed by atoms with Crippen molar-refractivity contribution in [2.24, 2.45) is 0 Å². The van der Waals surface area contributed by atoms with Crippen LogP contribution in [0.2, 0.25) is 0 Å². The molecule has 4 aromatic rings. The highest BCUT2D eigenvalue weighted by Gasteiger charge is 2.18. The number of carbonyl (C=O) groups excluding carboxylic acids is 1. The average molecular weight is 436 g/mol. The van der Waals surface area contributed by atoms with E-state index in [1.54, 1.807) is 36.4 Å². The number of ether oxygens (including phenoxy) is 1. The summed E-state index contributed by atoms with van der Waals surface area (Å²) in [5.41, 5.74) is 1.83. The summed E-state index contributed by atoms with van der Waals surface area (Å²) in [5.74, 6) is 0.311. The maximum atomic E-state index is 13.0. The summed E-state index contributed by atoms with van der Waals surface area (Å²) in [4.78, 5) is 43.1. The normalized spacial score (nSPS) is 11.0. The number of methoxy groups -OCH3 is 1. The first kappa shape index (κ1) is 20.8. The van der Waals surface area contributed by atoms with Gasteiger partial charge in [0, 0.05) is 25.2 Å². The topological polar surface area (TPSA) is 101 Å². The first-order valence-electron chi connectivity index (χ1n) is 9.74. The minimum atomic E-state index is -0.223. The first-order chi connectivity index (χ1) is 15.1. The Bertz CT molecular complexity index is 1240. The number of para-hydroxylation sites is 1. The first-order valence-corrected chi connectivity index (χ1v) is 10.6. The van der Waals surface area contributed by atoms with E-state index in [0.29, 0.717) is 35.6 Å². The smallest absolute Gasteiger partial charge is 0.258 e. The largest absolute Gasteiger partial charge is 0.383 e. The molecule has 9 heteroatoms. The van der Waals surface area contributed by atoms with E-state index >= 15 is 0 Å². The van der Waals surface area contributed by atoms with Crippen molar-refractivity contribution in [3.05, 3.63) is 75.9 Å². The lowest BCUT2D eigenvalue weighted by Crippen LogP contribution is -2.35. The number of nitrogens with one attached hydrogen (secondary N) is 1. The third-order valence-electron chi connectivity index (χ3n) is 4.69. The molecule has 0 fully saturated rings. The van der Waals surface area contributed by atoms with Gasteiger partial charge in [-0.1, -0.05) is 18.2 Å². The molecule has 0 spiro atoms. The molecule has 1 amide bonds. The molecule has 0 aliphatic heterocycles. The van der Waals surface area contributed by atoms with Gasteiger partial charge in [-0.05, 0) is 24.3 Å². The number of hydrogen-bond acceptors (Lipinski definition) is 7. The van der Waals surface area contributed by atoms with Gasteiger partial charge in [-0.3, -0.25) is 14.6 Å². The zero-order valence-electron chi connectivity index (χ0n) is 16.9. The molecule has 8 nitrogen and oxygen atoms in total. The van der Waals surface area contributed by atoms with Gasteiger partial charge in [0.1, 0.15) is 10.8 Å². The van der Waals surface area contributed by atoms with Gasteiger partial charge in [0.2, 0.25) is 5.91 Å². The molecule has 3 aromatic heterocycles. The van der Waals surface area contributed by atoms with E-state index in [-0.39, 0.29) is 24.4 Å². The molecular formula is C22H21N5O3S. The Balaban J connectivity index is 1.52. The Hall–Kier alpha value is -3.43. The van der Waals surface area contributed by atoms with E-state index in [4.69, 9.17) is 4.74 Å². The van der Waals surface area contributed by atoms with Crippen LogP contribution in [0.25, 0.3) is 21.6 Å². The molecule has 0 saturated heterocycles. The molecule has 0 aliphatic carbocycles. The van der Waals surface area contributed by atoms with E-state index in [9.17, 15) is 9.59 Å². The van der Waals surface area contributed by atoms with E-state index in [1.165, 1.54) is 11.3 Å². The zero-order valence-corrected chi connectivity index (χ0v) is 17.8. The highest BCUT2D eigenvalue weighted by molar-refractivity contribution is 7.13. The van der Waals surface area contributed by atoms with Crippen molar-refractivity contribution in [2.75, 3.05) is 20.3 Å². The number of nitrogens with zero attached hydrogens (tertiary/aromatic N) is 4. The van der Waals surface area contributed by atoms with Crippen LogP contribution in [0.1, 0.15) is 11.5 Å². The van der Waals surface area contributed by atoms with Gasteiger partial charge in [0.05, 0.1) is 41.9 Å². The number of pyridine rings is 1. The Morgan fingerprint density at radius 1 is 1.16 bits per heavy atom. The van der Waals surface area contributed by atoms with Gasteiger partial charge in [-0.2, -0.15) is 0 Å². The van der Waals surface area contributed by atoms with E-state index in [1.807, 2.05) is 29.6 Å². The standard InChI is InChI=1S/C22H21N5O3S/c1-30-11-10-27(13-19-25-17-7-3-2-6-16(17)21(29)26-19)20(28)12-15-14-31-22(24-15)18-8-4-5-9-23-18/h2-9,14H,10-13H2,1H3,(H,25,26,29). The number of fused-ring (bicyclic) bond motifs is 1. The molecule has 1 N–H and O–H groups in total. The lowest BCUT2D eigenvalue weighted by atomic mass is 10.2. The number of amides is 1. The minimum Gasteiger partial charge on any atom is -0.383 e. The van der Waals surface area contributed by atoms with Crippen LogP contribution in [0.5, 0.6) is 0 Å². The van der Waals surface area contributed by atoms with Crippen LogP contribution < -0.4 is 5.56 Å². The van der Waals surface area contributed by atoms with Crippen LogP contribution >= 0.6 is 11.3 Å². The molecule has 31 heavy (non-hydrogen) atoms. The summed E-state index contributed by atoms with van der Waals surface area (Å²) in [7, 11) is 1.58. The van der Waals surface area contributed by atoms with Gasteiger partial charge in [-0.15, -0.1) is 11.3 Å². The Labute approximate surface area is 182 Å². The monoisotopic (exact) mass is 435 g/mol. The van der Waals surface area contributed by atoms with Crippen molar-refractivity contribution in [3.63, 3.8) is 0 Å². The highest BCUT2D eigenvalue weighted by Crippen LogP contribution is 2.22. The number of aromatic nitrogens is 4. The quantitative estimate of drug-likeness (QED) is 0.457. The Kier molecular flexibility index (Phi) is 6.44. The van der Waals surface area contributed by atoms with E-state index < -0.39 is 0 Å². The highest BCUT2D eigenvalue weighted by atomic mass is 32.1. The molecule has 4 rings (SSSR count). The van der Waals surface area contributed by atoms with Crippen molar-refractivity contribution < 1.29 is 9.53 Å². The lowest BCUT2D eigenvalue weighted by Gasteiger charge is -2.21. The summed E-state index contributed by atoms with van der Waals surface area (Å²) in [6.45, 7) is 0.933. The predicted octanol–water partition coefficient (Wildman–Crippen LogP) is 2.66. The predicted molar refractivity (Wildman–Crippen MR) is 119 cm³/mol. The SMILES string of the molecule is COCCN(Cc1nc2ccccc2c(=O)[nH]1)C(=O)Cc1csc(-c2ccccn2)n1. The van der Waals surface area contributed by atoms with E-state index in [2.05, 4.69) is 19.9 Å². The van der Waals surface area contributed by atoms with Gasteiger partial charge >= 0.3 is 0 Å². The maximum Gasteiger partial charge on any atom is 0.258 e. The van der Waals surface area contributed by atoms with Crippen LogP contribution in [-0.4, -0.2) is 51.0 Å². The van der Waals surface area contributed by atoms with Crippen molar-refractivity contribution in [1.82, 2.24) is 24.8 Å². The van der Waals surface area contributed by atoms with Crippen LogP contribution in [0, 0.1) is 0 Å². The third kappa shape index (κ3) is 5.01. The Morgan fingerprint density at radius 2 is 2.00 bits per heavy atom. The van der Waals surface area contributed by atoms with Crippen LogP contribution in [-0.2, 0) is 22.5 Å². The fourth-order valence-electron chi connectivity index (χ4n) is 3.15. The Morgan fingerprint density at radius 3 is 2.81 bits per heavy atom. The van der Waals surface area contributed by atoms with Crippen molar-refractivity contribution >= 4 is 28.1 Å². The summed E-state index contributed by atoms with van der Waals surface area (Å²) in [6.07, 6.45) is 1.86. The second-order valence-electron chi connectivity index (χ2n) is 6.87. The molecule has 0 saturated carbocycles. The van der Waals surface area contributed by atoms with Crippen molar-refractivity contribution in [3.8, 4) is 10.7 Å². The second kappa shape index (κ2) is 9.59. The van der Waals surface area contributed by atoms with Crippen molar-refractivity contribution in [1.29, 1.82) is 0 Å². The lowest BCUT2D eigenvalue weighted by molar-refractivity contribution is -0.131. The fraction of sp³-hybridized carbons (Fsp3) is 0.227. The molecule has 3 heterocycles. The van der Waals surface area contributed by atoms with Crippen LogP contribution in [0.15, 0.2) is 58.8 Å². The van der Waals surface area contributed by atoms with Gasteiger partial charge in [0.25, 0.3) is 5.56 Å². The van der Waals surface area contributed by atoms with Gasteiger partial charge < -0.3 is 14.6 Å². The summed E-state index contributed by atoms with van der Waals surface area (Å²) in [6, 6.07) is 12.8. The number of benzene rings is 1. The number of aromatic amines is 1. The molecule has 158 valence electrons. The average Bonchev–Trinajstić information content (AvgIpc) is 3.25. The number of rotatable bonds is 8. The zero-order chi connectivity index (χ0) is 21.6. The number of hydrogen-bond donors (Lipinski definition) is 1. The molecule has 0 unspecified atom stereocenters. The number of carbonyl (C=O) groups is 1. The second-order valence-corrected chi connectivity index (χ2v) is 7.73. The summed E-state index contributed by atoms with van der Waals surface area (Å²) < 4.78 is 5.16. The molecule has 1 aromatic carbocycles. The molecule has 0 aliphatic rings. The van der Waals surface area contributed by atoms with Crippen molar-refractivity contribution in [2.45, 2.75) is 13.0 Å². The van der Waals surface area contributed by atoms with Gasteiger partial charge in [0.15, 0.2) is 0 Å². The molecule has 0 bridgehead atoms. The maximum absolute atomic E-state index is 13.0. The fourth-order valence-corrected chi connectivity index (χ4v) is 3.94. The molecule has 0 radical (unpaired) electrons. The number of H-pyrrole nitrogens is 1. The minimum absolute atomic E-state index is 0.120. The molecule has 0 atom stereocenters. The van der Waals surface area contributed by atoms with Crippen LogP contribution in [0.4, 0.5) is 0 Å². The molecular weight excluding hydrogens is 414 g/mol.